The van der Waals surface area contributed by atoms with Gasteiger partial charge in [-0.25, -0.2) is 0 Å². The quantitative estimate of drug-likeness (QED) is 0.846. The van der Waals surface area contributed by atoms with Gasteiger partial charge in [0.1, 0.15) is 0 Å². The molecule has 0 saturated heterocycles. The predicted molar refractivity (Wildman–Crippen MR) is 73.8 cm³/mol. The zero-order valence-electron chi connectivity index (χ0n) is 11.7. The number of rotatable bonds is 4. The molecule has 5 heteroatoms. The lowest BCUT2D eigenvalue weighted by molar-refractivity contribution is -0.146. The summed E-state index contributed by atoms with van der Waals surface area (Å²) in [5, 5.41) is 3.03. The number of pyridine rings is 1. The number of ether oxygens (including phenoxy) is 1. The van der Waals surface area contributed by atoms with Gasteiger partial charge in [0.25, 0.3) is 0 Å². The number of aromatic nitrogens is 1. The van der Waals surface area contributed by atoms with Crippen molar-refractivity contribution < 1.29 is 14.3 Å². The fraction of sp³-hybridized carbons (Fsp3) is 0.533. The van der Waals surface area contributed by atoms with Gasteiger partial charge >= 0.3 is 5.97 Å². The lowest BCUT2D eigenvalue weighted by atomic mass is 9.86. The van der Waals surface area contributed by atoms with Crippen LogP contribution < -0.4 is 5.32 Å². The second-order valence-electron chi connectivity index (χ2n) is 5.17. The first-order valence-corrected chi connectivity index (χ1v) is 6.95. The molecule has 1 saturated carbocycles. The van der Waals surface area contributed by atoms with Crippen molar-refractivity contribution in [3.05, 3.63) is 30.1 Å². The van der Waals surface area contributed by atoms with Crippen molar-refractivity contribution >= 4 is 11.9 Å². The molecule has 1 aliphatic carbocycles. The molecule has 0 unspecified atom stereocenters. The van der Waals surface area contributed by atoms with E-state index in [1.807, 2.05) is 12.1 Å². The molecule has 20 heavy (non-hydrogen) atoms. The van der Waals surface area contributed by atoms with E-state index in [9.17, 15) is 9.59 Å². The van der Waals surface area contributed by atoms with Gasteiger partial charge in [-0.2, -0.15) is 0 Å². The summed E-state index contributed by atoms with van der Waals surface area (Å²) in [4.78, 5) is 27.3. The van der Waals surface area contributed by atoms with Gasteiger partial charge in [0.2, 0.25) is 5.91 Å². The summed E-state index contributed by atoms with van der Waals surface area (Å²) >= 11 is 0. The van der Waals surface area contributed by atoms with E-state index in [0.29, 0.717) is 6.42 Å². The molecule has 0 radical (unpaired) electrons. The summed E-state index contributed by atoms with van der Waals surface area (Å²) in [6.07, 6.45) is 6.98. The van der Waals surface area contributed by atoms with Crippen molar-refractivity contribution in [2.75, 3.05) is 7.11 Å². The highest BCUT2D eigenvalue weighted by molar-refractivity contribution is 5.79. The number of nitrogens with zero attached hydrogens (tertiary/aromatic N) is 1. The number of carbonyl (C=O) groups excluding carboxylic acids is 2. The highest BCUT2D eigenvalue weighted by Gasteiger charge is 2.27. The maximum absolute atomic E-state index is 11.9. The Morgan fingerprint density at radius 1 is 1.25 bits per heavy atom. The van der Waals surface area contributed by atoms with E-state index in [-0.39, 0.29) is 23.8 Å². The van der Waals surface area contributed by atoms with Crippen molar-refractivity contribution in [2.45, 2.75) is 38.1 Å². The van der Waals surface area contributed by atoms with Crippen molar-refractivity contribution in [1.29, 1.82) is 0 Å². The number of hydrogen-bond acceptors (Lipinski definition) is 4. The smallest absolute Gasteiger partial charge is 0.308 e. The fourth-order valence-electron chi connectivity index (χ4n) is 2.60. The topological polar surface area (TPSA) is 68.3 Å². The molecule has 5 nitrogen and oxygen atoms in total. The van der Waals surface area contributed by atoms with Crippen LogP contribution in [0.4, 0.5) is 0 Å². The van der Waals surface area contributed by atoms with E-state index < -0.39 is 0 Å². The average molecular weight is 276 g/mol. The number of methoxy groups -OCH3 is 1. The Bertz CT molecular complexity index is 453. The van der Waals surface area contributed by atoms with Crippen molar-refractivity contribution in [1.82, 2.24) is 10.3 Å². The molecular weight excluding hydrogens is 256 g/mol. The largest absolute Gasteiger partial charge is 0.469 e. The van der Waals surface area contributed by atoms with Gasteiger partial charge in [-0.15, -0.1) is 0 Å². The summed E-state index contributed by atoms with van der Waals surface area (Å²) in [6, 6.07) is 3.85. The molecule has 108 valence electrons. The van der Waals surface area contributed by atoms with Crippen LogP contribution in [0, 0.1) is 5.92 Å². The Hall–Kier alpha value is -1.91. The minimum absolute atomic E-state index is 0.00616. The first-order chi connectivity index (χ1) is 9.69. The molecule has 0 spiro atoms. The van der Waals surface area contributed by atoms with Crippen LogP contribution in [0.25, 0.3) is 0 Å². The van der Waals surface area contributed by atoms with Gasteiger partial charge < -0.3 is 10.1 Å². The number of amides is 1. The zero-order valence-corrected chi connectivity index (χ0v) is 11.7. The average Bonchev–Trinajstić information content (AvgIpc) is 2.48. The van der Waals surface area contributed by atoms with Crippen LogP contribution in [0.3, 0.4) is 0 Å². The highest BCUT2D eigenvalue weighted by Crippen LogP contribution is 2.25. The predicted octanol–water partition coefficient (Wildman–Crippen LogP) is 1.47. The van der Waals surface area contributed by atoms with E-state index in [0.717, 1.165) is 31.2 Å². The number of nitrogens with one attached hydrogen (secondary N) is 1. The zero-order chi connectivity index (χ0) is 14.4. The van der Waals surface area contributed by atoms with Crippen LogP contribution in [-0.2, 0) is 20.7 Å². The Morgan fingerprint density at radius 3 is 2.50 bits per heavy atom. The van der Waals surface area contributed by atoms with Crippen LogP contribution >= 0.6 is 0 Å². The van der Waals surface area contributed by atoms with Gasteiger partial charge in [0.15, 0.2) is 0 Å². The molecule has 1 aliphatic rings. The van der Waals surface area contributed by atoms with E-state index >= 15 is 0 Å². The Kier molecular flexibility index (Phi) is 5.09. The molecule has 0 atom stereocenters. The number of esters is 1. The van der Waals surface area contributed by atoms with Crippen LogP contribution in [-0.4, -0.2) is 30.0 Å². The lowest BCUT2D eigenvalue weighted by Crippen LogP contribution is -2.39. The first-order valence-electron chi connectivity index (χ1n) is 6.95. The van der Waals surface area contributed by atoms with Gasteiger partial charge in [-0.05, 0) is 43.4 Å². The van der Waals surface area contributed by atoms with Crippen LogP contribution in [0.2, 0.25) is 0 Å². The fourth-order valence-corrected chi connectivity index (χ4v) is 2.60. The van der Waals surface area contributed by atoms with E-state index in [4.69, 9.17) is 4.74 Å². The molecule has 1 heterocycles. The number of hydrogen-bond donors (Lipinski definition) is 1. The lowest BCUT2D eigenvalue weighted by Gasteiger charge is -2.27. The molecule has 0 bridgehead atoms. The van der Waals surface area contributed by atoms with Crippen LogP contribution in [0.1, 0.15) is 31.2 Å². The normalized spacial score (nSPS) is 22.1. The second-order valence-corrected chi connectivity index (χ2v) is 5.17. The third kappa shape index (κ3) is 4.05. The Balaban J connectivity index is 1.75. The van der Waals surface area contributed by atoms with Crippen LogP contribution in [0.15, 0.2) is 24.5 Å². The molecule has 1 amide bonds. The maximum atomic E-state index is 11.9. The summed E-state index contributed by atoms with van der Waals surface area (Å²) in [6.45, 7) is 0. The molecule has 1 aromatic rings. The molecule has 1 fully saturated rings. The molecular formula is C15H20N2O3. The highest BCUT2D eigenvalue weighted by atomic mass is 16.5. The third-order valence-electron chi connectivity index (χ3n) is 3.74. The van der Waals surface area contributed by atoms with E-state index in [1.165, 1.54) is 7.11 Å². The molecule has 0 aliphatic heterocycles. The van der Waals surface area contributed by atoms with Gasteiger partial charge in [0, 0.05) is 18.4 Å². The van der Waals surface area contributed by atoms with Crippen molar-refractivity contribution in [3.63, 3.8) is 0 Å². The summed E-state index contributed by atoms with van der Waals surface area (Å²) in [5.74, 6) is -0.113. The Labute approximate surface area is 118 Å². The first kappa shape index (κ1) is 14.5. The number of carbonyl (C=O) groups is 2. The molecule has 0 aromatic carbocycles. The molecule has 1 aromatic heterocycles. The minimum Gasteiger partial charge on any atom is -0.469 e. The van der Waals surface area contributed by atoms with E-state index in [2.05, 4.69) is 10.3 Å². The summed E-state index contributed by atoms with van der Waals surface area (Å²) in [7, 11) is 1.42. The Morgan fingerprint density at radius 2 is 1.90 bits per heavy atom. The standard InChI is InChI=1S/C15H20N2O3/c1-20-15(19)12-2-4-13(5-3-12)17-14(18)10-11-6-8-16-9-7-11/h6-9,12-13H,2-5,10H2,1H3,(H,17,18). The van der Waals surface area contributed by atoms with Crippen molar-refractivity contribution in [2.24, 2.45) is 5.92 Å². The van der Waals surface area contributed by atoms with Gasteiger partial charge in [-0.3, -0.25) is 14.6 Å². The third-order valence-corrected chi connectivity index (χ3v) is 3.74. The monoisotopic (exact) mass is 276 g/mol. The molecule has 2 rings (SSSR count). The molecule has 1 N–H and O–H groups in total. The van der Waals surface area contributed by atoms with E-state index in [1.54, 1.807) is 12.4 Å². The van der Waals surface area contributed by atoms with Gasteiger partial charge in [0.05, 0.1) is 19.4 Å². The van der Waals surface area contributed by atoms with Gasteiger partial charge in [-0.1, -0.05) is 0 Å². The second kappa shape index (κ2) is 7.03. The SMILES string of the molecule is COC(=O)C1CCC(NC(=O)Cc2ccncc2)CC1. The summed E-state index contributed by atoms with van der Waals surface area (Å²) < 4.78 is 4.75. The van der Waals surface area contributed by atoms with Crippen LogP contribution in [0.5, 0.6) is 0 Å². The maximum Gasteiger partial charge on any atom is 0.308 e. The minimum atomic E-state index is -0.133. The van der Waals surface area contributed by atoms with Crippen molar-refractivity contribution in [3.8, 4) is 0 Å². The summed E-state index contributed by atoms with van der Waals surface area (Å²) in [5.41, 5.74) is 0.959.